The molecule has 0 radical (unpaired) electrons. The fraction of sp³-hybridized carbons (Fsp3) is 0.192. The van der Waals surface area contributed by atoms with E-state index in [0.29, 0.717) is 37.1 Å². The molecule has 2 aromatic carbocycles. The maximum Gasteiger partial charge on any atom is 0.232 e. The highest BCUT2D eigenvalue weighted by Gasteiger charge is 2.30. The van der Waals surface area contributed by atoms with Crippen molar-refractivity contribution in [2.75, 3.05) is 37.7 Å². The number of thioether (sulfide) groups is 1. The third kappa shape index (κ3) is 4.12. The molecule has 0 atom stereocenters. The van der Waals surface area contributed by atoms with Crippen LogP contribution in [0.5, 0.6) is 0 Å². The number of nitriles is 1. The number of morpholine rings is 1. The Bertz CT molecular complexity index is 1270. The van der Waals surface area contributed by atoms with E-state index in [-0.39, 0.29) is 0 Å². The van der Waals surface area contributed by atoms with Crippen LogP contribution < -0.4 is 4.90 Å². The van der Waals surface area contributed by atoms with Gasteiger partial charge in [0.25, 0.3) is 0 Å². The second kappa shape index (κ2) is 10.00. The van der Waals surface area contributed by atoms with E-state index in [4.69, 9.17) is 4.74 Å². The van der Waals surface area contributed by atoms with Gasteiger partial charge in [0.15, 0.2) is 5.82 Å². The first kappa shape index (κ1) is 22.0. The molecule has 0 saturated carbocycles. The van der Waals surface area contributed by atoms with E-state index < -0.39 is 0 Å². The second-order valence-electron chi connectivity index (χ2n) is 7.77. The standard InChI is InChI=1S/C26H24N6OS/c1-2-13-31-23(20-9-5-3-6-10-20)19-34-25(31)22(18-27)24-28-29-26(30-14-16-33-17-15-30)32(24)21-11-7-4-8-12-21/h2-12,19H,1,13-17H2. The topological polar surface area (TPSA) is 70.2 Å². The number of allylic oxidation sites excluding steroid dienone is 1. The molecule has 0 spiro atoms. The summed E-state index contributed by atoms with van der Waals surface area (Å²) in [5.41, 5.74) is 3.51. The zero-order valence-electron chi connectivity index (χ0n) is 18.7. The van der Waals surface area contributed by atoms with Crippen LogP contribution in [0.15, 0.2) is 83.8 Å². The van der Waals surface area contributed by atoms with Crippen molar-refractivity contribution in [3.63, 3.8) is 0 Å². The zero-order valence-corrected chi connectivity index (χ0v) is 19.5. The maximum atomic E-state index is 10.4. The molecular formula is C26H24N6OS. The zero-order chi connectivity index (χ0) is 23.3. The van der Waals surface area contributed by atoms with Crippen LogP contribution >= 0.6 is 11.8 Å². The Labute approximate surface area is 203 Å². The van der Waals surface area contributed by atoms with E-state index in [2.05, 4.69) is 50.2 Å². The number of anilines is 1. The molecule has 3 aromatic rings. The number of benzene rings is 2. The van der Waals surface area contributed by atoms with Gasteiger partial charge in [0.05, 0.1) is 24.6 Å². The van der Waals surface area contributed by atoms with Crippen molar-refractivity contribution in [3.05, 3.63) is 95.1 Å². The number of hydrogen-bond donors (Lipinski definition) is 0. The molecule has 0 unspecified atom stereocenters. The average molecular weight is 469 g/mol. The van der Waals surface area contributed by atoms with Gasteiger partial charge >= 0.3 is 0 Å². The van der Waals surface area contributed by atoms with Crippen molar-refractivity contribution in [1.82, 2.24) is 19.7 Å². The monoisotopic (exact) mass is 468 g/mol. The predicted molar refractivity (Wildman–Crippen MR) is 136 cm³/mol. The fourth-order valence-corrected chi connectivity index (χ4v) is 5.14. The van der Waals surface area contributed by atoms with E-state index in [1.54, 1.807) is 0 Å². The summed E-state index contributed by atoms with van der Waals surface area (Å²) in [5.74, 6) is 1.24. The molecule has 0 amide bonds. The van der Waals surface area contributed by atoms with Gasteiger partial charge in [-0.1, -0.05) is 66.4 Å². The van der Waals surface area contributed by atoms with Crippen LogP contribution in [0.4, 0.5) is 5.95 Å². The summed E-state index contributed by atoms with van der Waals surface area (Å²) in [6.45, 7) is 7.23. The lowest BCUT2D eigenvalue weighted by molar-refractivity contribution is 0.122. The van der Waals surface area contributed by atoms with Crippen molar-refractivity contribution in [2.45, 2.75) is 0 Å². The summed E-state index contributed by atoms with van der Waals surface area (Å²) >= 11 is 1.53. The highest BCUT2D eigenvalue weighted by molar-refractivity contribution is 8.06. The van der Waals surface area contributed by atoms with Crippen LogP contribution in [0, 0.1) is 11.3 Å². The summed E-state index contributed by atoms with van der Waals surface area (Å²) in [7, 11) is 0. The molecule has 2 aliphatic rings. The minimum absolute atomic E-state index is 0.477. The van der Waals surface area contributed by atoms with Gasteiger partial charge < -0.3 is 14.5 Å². The maximum absolute atomic E-state index is 10.4. The second-order valence-corrected chi connectivity index (χ2v) is 8.63. The number of para-hydroxylation sites is 1. The lowest BCUT2D eigenvalue weighted by atomic mass is 10.1. The van der Waals surface area contributed by atoms with Gasteiger partial charge in [0.1, 0.15) is 16.7 Å². The van der Waals surface area contributed by atoms with Gasteiger partial charge in [-0.25, -0.2) is 0 Å². The van der Waals surface area contributed by atoms with Crippen LogP contribution in [-0.4, -0.2) is 52.5 Å². The Hall–Kier alpha value is -3.80. The van der Waals surface area contributed by atoms with Gasteiger partial charge in [-0.15, -0.1) is 16.8 Å². The summed E-state index contributed by atoms with van der Waals surface area (Å²) in [4.78, 5) is 4.27. The normalized spacial score (nSPS) is 17.3. The Morgan fingerprint density at radius 1 is 1.06 bits per heavy atom. The summed E-state index contributed by atoms with van der Waals surface area (Å²) < 4.78 is 7.51. The van der Waals surface area contributed by atoms with E-state index in [1.807, 2.05) is 59.2 Å². The van der Waals surface area contributed by atoms with Crippen molar-refractivity contribution in [2.24, 2.45) is 0 Å². The van der Waals surface area contributed by atoms with Gasteiger partial charge in [-0.05, 0) is 17.7 Å². The third-order valence-corrected chi connectivity index (χ3v) is 6.69. The molecule has 1 saturated heterocycles. The molecule has 2 aliphatic heterocycles. The van der Waals surface area contributed by atoms with Crippen LogP contribution in [0.25, 0.3) is 17.0 Å². The molecule has 0 aliphatic carbocycles. The van der Waals surface area contributed by atoms with Crippen LogP contribution in [0.1, 0.15) is 11.4 Å². The van der Waals surface area contributed by atoms with E-state index in [9.17, 15) is 5.26 Å². The minimum Gasteiger partial charge on any atom is -0.378 e. The van der Waals surface area contributed by atoms with E-state index in [1.165, 1.54) is 11.8 Å². The van der Waals surface area contributed by atoms with E-state index >= 15 is 0 Å². The highest BCUT2D eigenvalue weighted by atomic mass is 32.2. The number of nitrogens with zero attached hydrogens (tertiary/aromatic N) is 6. The van der Waals surface area contributed by atoms with Crippen molar-refractivity contribution < 1.29 is 4.74 Å². The lowest BCUT2D eigenvalue weighted by Crippen LogP contribution is -2.38. The van der Waals surface area contributed by atoms with Crippen LogP contribution in [0.3, 0.4) is 0 Å². The SMILES string of the molecule is C=CCN1C(c2ccccc2)=CSC1=C(C#N)c1nnc(N2CCOCC2)n1-c1ccccc1. The Balaban J connectivity index is 1.64. The quantitative estimate of drug-likeness (QED) is 0.389. The number of ether oxygens (including phenoxy) is 1. The van der Waals surface area contributed by atoms with Gasteiger partial charge in [0.2, 0.25) is 5.95 Å². The van der Waals surface area contributed by atoms with Gasteiger partial charge in [-0.3, -0.25) is 4.57 Å². The van der Waals surface area contributed by atoms with Crippen molar-refractivity contribution in [1.29, 1.82) is 5.26 Å². The molecule has 1 fully saturated rings. The number of hydrogen-bond acceptors (Lipinski definition) is 7. The Kier molecular flexibility index (Phi) is 6.47. The highest BCUT2D eigenvalue weighted by Crippen LogP contribution is 2.43. The average Bonchev–Trinajstić information content (AvgIpc) is 3.52. The summed E-state index contributed by atoms with van der Waals surface area (Å²) in [6, 6.07) is 22.5. The molecule has 8 heteroatoms. The molecule has 5 rings (SSSR count). The smallest absolute Gasteiger partial charge is 0.232 e. The largest absolute Gasteiger partial charge is 0.378 e. The first-order chi connectivity index (χ1) is 16.8. The molecule has 3 heterocycles. The molecule has 7 nitrogen and oxygen atoms in total. The predicted octanol–water partition coefficient (Wildman–Crippen LogP) is 4.53. The first-order valence-electron chi connectivity index (χ1n) is 11.1. The molecular weight excluding hydrogens is 444 g/mol. The molecule has 0 bridgehead atoms. The van der Waals surface area contributed by atoms with Crippen LogP contribution in [0.2, 0.25) is 0 Å². The molecule has 170 valence electrons. The molecule has 0 N–H and O–H groups in total. The fourth-order valence-electron chi connectivity index (χ4n) is 4.10. The number of rotatable bonds is 6. The first-order valence-corrected chi connectivity index (χ1v) is 12.0. The molecule has 1 aromatic heterocycles. The summed E-state index contributed by atoms with van der Waals surface area (Å²) in [6.07, 6.45) is 1.85. The summed E-state index contributed by atoms with van der Waals surface area (Å²) in [5, 5.41) is 22.3. The van der Waals surface area contributed by atoms with Crippen LogP contribution in [-0.2, 0) is 4.74 Å². The van der Waals surface area contributed by atoms with E-state index in [0.717, 1.165) is 35.1 Å². The van der Waals surface area contributed by atoms with Gasteiger partial charge in [-0.2, -0.15) is 5.26 Å². The number of aromatic nitrogens is 3. The van der Waals surface area contributed by atoms with Crippen molar-refractivity contribution >= 4 is 29.0 Å². The van der Waals surface area contributed by atoms with Gasteiger partial charge in [0, 0.05) is 25.0 Å². The minimum atomic E-state index is 0.477. The Morgan fingerprint density at radius 2 is 1.76 bits per heavy atom. The Morgan fingerprint density at radius 3 is 2.44 bits per heavy atom. The van der Waals surface area contributed by atoms with Crippen molar-refractivity contribution in [3.8, 4) is 11.8 Å². The third-order valence-electron chi connectivity index (χ3n) is 5.70. The molecule has 34 heavy (non-hydrogen) atoms. The lowest BCUT2D eigenvalue weighted by Gasteiger charge is -2.28.